The molecule has 2 aromatic carbocycles. The SMILES string of the molecule is OCc1cc2ccc(Oc3nc4ccccc4s3)cc2o1. The number of para-hydroxylation sites is 1. The Kier molecular flexibility index (Phi) is 2.87. The maximum atomic E-state index is 9.09. The highest BCUT2D eigenvalue weighted by Gasteiger charge is 2.08. The Balaban J connectivity index is 1.69. The molecule has 21 heavy (non-hydrogen) atoms. The first-order valence-electron chi connectivity index (χ1n) is 6.48. The Morgan fingerprint density at radius 1 is 1.14 bits per heavy atom. The molecule has 0 spiro atoms. The zero-order valence-corrected chi connectivity index (χ0v) is 11.8. The first-order valence-corrected chi connectivity index (χ1v) is 7.30. The van der Waals surface area contributed by atoms with E-state index in [4.69, 9.17) is 14.3 Å². The van der Waals surface area contributed by atoms with Gasteiger partial charge in [0.05, 0.1) is 10.2 Å². The molecule has 4 nitrogen and oxygen atoms in total. The van der Waals surface area contributed by atoms with E-state index in [-0.39, 0.29) is 6.61 Å². The smallest absolute Gasteiger partial charge is 0.279 e. The lowest BCUT2D eigenvalue weighted by Gasteiger charge is -2.00. The molecule has 0 unspecified atom stereocenters. The third-order valence-electron chi connectivity index (χ3n) is 3.18. The lowest BCUT2D eigenvalue weighted by molar-refractivity contribution is 0.251. The van der Waals surface area contributed by atoms with E-state index in [1.165, 1.54) is 11.3 Å². The summed E-state index contributed by atoms with van der Waals surface area (Å²) >= 11 is 1.50. The van der Waals surface area contributed by atoms with E-state index in [0.717, 1.165) is 15.6 Å². The van der Waals surface area contributed by atoms with E-state index in [1.54, 1.807) is 6.07 Å². The first-order chi connectivity index (χ1) is 10.3. The van der Waals surface area contributed by atoms with Crippen molar-refractivity contribution in [1.82, 2.24) is 4.98 Å². The minimum absolute atomic E-state index is 0.108. The molecule has 4 rings (SSSR count). The van der Waals surface area contributed by atoms with Gasteiger partial charge in [-0.15, -0.1) is 0 Å². The maximum Gasteiger partial charge on any atom is 0.279 e. The number of thiazole rings is 1. The van der Waals surface area contributed by atoms with E-state index in [1.807, 2.05) is 42.5 Å². The van der Waals surface area contributed by atoms with E-state index in [0.29, 0.717) is 22.3 Å². The molecule has 4 aromatic rings. The van der Waals surface area contributed by atoms with Gasteiger partial charge in [0.2, 0.25) is 0 Å². The quantitative estimate of drug-likeness (QED) is 0.611. The number of hydrogen-bond acceptors (Lipinski definition) is 5. The molecule has 0 aliphatic heterocycles. The number of hydrogen-bond donors (Lipinski definition) is 1. The van der Waals surface area contributed by atoms with Gasteiger partial charge in [0.15, 0.2) is 0 Å². The van der Waals surface area contributed by atoms with Crippen LogP contribution in [0.4, 0.5) is 0 Å². The van der Waals surface area contributed by atoms with Crippen LogP contribution in [-0.4, -0.2) is 10.1 Å². The van der Waals surface area contributed by atoms with Crippen LogP contribution in [0.25, 0.3) is 21.2 Å². The average molecular weight is 297 g/mol. The number of aliphatic hydroxyl groups is 1. The van der Waals surface area contributed by atoms with Crippen LogP contribution < -0.4 is 4.74 Å². The summed E-state index contributed by atoms with van der Waals surface area (Å²) in [7, 11) is 0. The van der Waals surface area contributed by atoms with Gasteiger partial charge < -0.3 is 14.3 Å². The Morgan fingerprint density at radius 2 is 2.05 bits per heavy atom. The molecule has 1 N–H and O–H groups in total. The van der Waals surface area contributed by atoms with Crippen molar-refractivity contribution in [2.45, 2.75) is 6.61 Å². The maximum absolute atomic E-state index is 9.09. The van der Waals surface area contributed by atoms with Crippen molar-refractivity contribution in [2.24, 2.45) is 0 Å². The number of aliphatic hydroxyl groups excluding tert-OH is 1. The number of rotatable bonds is 3. The standard InChI is InChI=1S/C16H11NO3S/c18-9-12-7-10-5-6-11(8-14(10)19-12)20-16-17-13-3-1-2-4-15(13)21-16/h1-8,18H,9H2. The normalized spacial score (nSPS) is 11.3. The van der Waals surface area contributed by atoms with Crippen LogP contribution in [0, 0.1) is 0 Å². The second kappa shape index (κ2) is 4.87. The van der Waals surface area contributed by atoms with Gasteiger partial charge in [-0.1, -0.05) is 23.5 Å². The fourth-order valence-electron chi connectivity index (χ4n) is 2.20. The van der Waals surface area contributed by atoms with E-state index in [9.17, 15) is 0 Å². The molecular formula is C16H11NO3S. The molecule has 0 radical (unpaired) electrons. The van der Waals surface area contributed by atoms with Crippen LogP contribution in [-0.2, 0) is 6.61 Å². The lowest BCUT2D eigenvalue weighted by atomic mass is 10.2. The second-order valence-corrected chi connectivity index (χ2v) is 5.61. The van der Waals surface area contributed by atoms with Crippen molar-refractivity contribution in [3.63, 3.8) is 0 Å². The van der Waals surface area contributed by atoms with Crippen molar-refractivity contribution in [3.8, 4) is 10.9 Å². The second-order valence-electron chi connectivity index (χ2n) is 4.62. The number of aromatic nitrogens is 1. The fourth-order valence-corrected chi connectivity index (χ4v) is 3.04. The van der Waals surface area contributed by atoms with Gasteiger partial charge >= 0.3 is 0 Å². The summed E-state index contributed by atoms with van der Waals surface area (Å²) in [4.78, 5) is 4.44. The zero-order chi connectivity index (χ0) is 14.2. The fraction of sp³-hybridized carbons (Fsp3) is 0.0625. The summed E-state index contributed by atoms with van der Waals surface area (Å²) < 4.78 is 12.4. The van der Waals surface area contributed by atoms with Crippen LogP contribution in [0.1, 0.15) is 5.76 Å². The number of nitrogens with zero attached hydrogens (tertiary/aromatic N) is 1. The van der Waals surface area contributed by atoms with Crippen LogP contribution in [0.5, 0.6) is 10.9 Å². The van der Waals surface area contributed by atoms with Gasteiger partial charge in [-0.25, -0.2) is 4.98 Å². The van der Waals surface area contributed by atoms with Crippen molar-refractivity contribution >= 4 is 32.5 Å². The van der Waals surface area contributed by atoms with E-state index < -0.39 is 0 Å². The summed E-state index contributed by atoms with van der Waals surface area (Å²) in [5, 5.41) is 10.6. The summed E-state index contributed by atoms with van der Waals surface area (Å²) in [6, 6.07) is 15.3. The molecule has 0 fully saturated rings. The molecule has 0 saturated heterocycles. The molecule has 2 aromatic heterocycles. The Bertz CT molecular complexity index is 892. The zero-order valence-electron chi connectivity index (χ0n) is 10.9. The molecule has 0 aliphatic rings. The molecule has 0 amide bonds. The van der Waals surface area contributed by atoms with Crippen LogP contribution in [0.2, 0.25) is 0 Å². The van der Waals surface area contributed by atoms with Gasteiger partial charge in [0.25, 0.3) is 5.19 Å². The first kappa shape index (κ1) is 12.4. The highest BCUT2D eigenvalue weighted by Crippen LogP contribution is 2.32. The Hall–Kier alpha value is -2.37. The summed E-state index contributed by atoms with van der Waals surface area (Å²) in [6.07, 6.45) is 0. The third kappa shape index (κ3) is 2.26. The Labute approximate surface area is 124 Å². The minimum Gasteiger partial charge on any atom is -0.458 e. The summed E-state index contributed by atoms with van der Waals surface area (Å²) in [5.41, 5.74) is 1.62. The van der Waals surface area contributed by atoms with Gasteiger partial charge in [-0.2, -0.15) is 0 Å². The third-order valence-corrected chi connectivity index (χ3v) is 4.09. The summed E-state index contributed by atoms with van der Waals surface area (Å²) in [6.45, 7) is -0.108. The number of furan rings is 1. The molecule has 0 bridgehead atoms. The van der Waals surface area contributed by atoms with Gasteiger partial charge in [0.1, 0.15) is 23.7 Å². The van der Waals surface area contributed by atoms with Crippen molar-refractivity contribution in [2.75, 3.05) is 0 Å². The molecule has 5 heteroatoms. The van der Waals surface area contributed by atoms with Crippen LogP contribution in [0.3, 0.4) is 0 Å². The van der Waals surface area contributed by atoms with Gasteiger partial charge in [0, 0.05) is 11.5 Å². The monoisotopic (exact) mass is 297 g/mol. The Morgan fingerprint density at radius 3 is 2.90 bits per heavy atom. The van der Waals surface area contributed by atoms with Crippen molar-refractivity contribution in [3.05, 3.63) is 54.3 Å². The average Bonchev–Trinajstić information content (AvgIpc) is 3.09. The number of ether oxygens (including phenoxy) is 1. The predicted molar refractivity (Wildman–Crippen MR) is 81.8 cm³/mol. The van der Waals surface area contributed by atoms with Crippen LogP contribution >= 0.6 is 11.3 Å². The molecule has 0 aliphatic carbocycles. The number of benzene rings is 2. The predicted octanol–water partition coefficient (Wildman–Crippen LogP) is 4.33. The molecule has 0 saturated carbocycles. The van der Waals surface area contributed by atoms with Crippen molar-refractivity contribution in [1.29, 1.82) is 0 Å². The summed E-state index contributed by atoms with van der Waals surface area (Å²) in [5.74, 6) is 1.21. The van der Waals surface area contributed by atoms with E-state index >= 15 is 0 Å². The molecule has 104 valence electrons. The largest absolute Gasteiger partial charge is 0.458 e. The van der Waals surface area contributed by atoms with Gasteiger partial charge in [-0.05, 0) is 30.3 Å². The highest BCUT2D eigenvalue weighted by molar-refractivity contribution is 7.20. The van der Waals surface area contributed by atoms with Crippen molar-refractivity contribution < 1.29 is 14.3 Å². The molecule has 0 atom stereocenters. The molecular weight excluding hydrogens is 286 g/mol. The lowest BCUT2D eigenvalue weighted by Crippen LogP contribution is -1.81. The highest BCUT2D eigenvalue weighted by atomic mass is 32.1. The van der Waals surface area contributed by atoms with Crippen LogP contribution in [0.15, 0.2) is 52.9 Å². The van der Waals surface area contributed by atoms with E-state index in [2.05, 4.69) is 4.98 Å². The topological polar surface area (TPSA) is 55.5 Å². The minimum atomic E-state index is -0.108. The van der Waals surface area contributed by atoms with Gasteiger partial charge in [-0.3, -0.25) is 0 Å². The molecule has 2 heterocycles. The number of fused-ring (bicyclic) bond motifs is 2.